The Bertz CT molecular complexity index is 1760. The maximum absolute atomic E-state index is 13.7. The molecule has 2 N–H and O–H groups in total. The van der Waals surface area contributed by atoms with E-state index in [1.165, 1.54) is 44.7 Å². The van der Waals surface area contributed by atoms with Crippen molar-refractivity contribution in [3.05, 3.63) is 114 Å². The number of benzene rings is 4. The Balaban J connectivity index is 1.38. The van der Waals surface area contributed by atoms with Gasteiger partial charge < -0.3 is 19.5 Å². The zero-order valence-corrected chi connectivity index (χ0v) is 26.8. The zero-order chi connectivity index (χ0) is 33.1. The van der Waals surface area contributed by atoms with Crippen LogP contribution in [0.5, 0.6) is 17.2 Å². The minimum Gasteiger partial charge on any atom is -0.493 e. The molecule has 240 valence electrons. The van der Waals surface area contributed by atoms with Gasteiger partial charge >= 0.3 is 0 Å². The average Bonchev–Trinajstić information content (AvgIpc) is 3.07. The highest BCUT2D eigenvalue weighted by atomic mass is 32.2. The SMILES string of the molecule is COc1ccc(N(CC(=O)N/N=C\c2ccc(OCC(=O)N[C@@H](C)c3ccccc3)cc2)S(=O)(=O)c2ccc(C)cc2)cc1OC. The second-order valence-electron chi connectivity index (χ2n) is 10.2. The normalized spacial score (nSPS) is 11.8. The number of nitrogens with zero attached hydrogens (tertiary/aromatic N) is 2. The molecule has 0 aliphatic carbocycles. The third kappa shape index (κ3) is 8.85. The van der Waals surface area contributed by atoms with Gasteiger partial charge in [0.05, 0.1) is 37.1 Å². The lowest BCUT2D eigenvalue weighted by atomic mass is 10.1. The molecule has 0 radical (unpaired) electrons. The second-order valence-corrected chi connectivity index (χ2v) is 12.1. The van der Waals surface area contributed by atoms with Crippen LogP contribution >= 0.6 is 0 Å². The summed E-state index contributed by atoms with van der Waals surface area (Å²) in [4.78, 5) is 25.3. The number of amides is 2. The molecular weight excluding hydrogens is 608 g/mol. The molecule has 46 heavy (non-hydrogen) atoms. The number of hydrogen-bond acceptors (Lipinski definition) is 8. The maximum Gasteiger partial charge on any atom is 0.264 e. The number of carbonyl (C=O) groups excluding carboxylic acids is 2. The molecule has 0 fully saturated rings. The number of ether oxygens (including phenoxy) is 3. The Kier molecular flexibility index (Phi) is 11.4. The van der Waals surface area contributed by atoms with Gasteiger partial charge in [-0.25, -0.2) is 13.8 Å². The summed E-state index contributed by atoms with van der Waals surface area (Å²) < 4.78 is 44.5. The third-order valence-electron chi connectivity index (χ3n) is 6.88. The Morgan fingerprint density at radius 2 is 1.54 bits per heavy atom. The van der Waals surface area contributed by atoms with E-state index in [0.29, 0.717) is 22.8 Å². The van der Waals surface area contributed by atoms with Crippen LogP contribution in [0.25, 0.3) is 0 Å². The van der Waals surface area contributed by atoms with E-state index in [1.807, 2.05) is 44.2 Å². The maximum atomic E-state index is 13.7. The van der Waals surface area contributed by atoms with Crippen LogP contribution in [0.1, 0.15) is 29.7 Å². The second kappa shape index (κ2) is 15.6. The first kappa shape index (κ1) is 33.5. The van der Waals surface area contributed by atoms with Crippen molar-refractivity contribution < 1.29 is 32.2 Å². The molecule has 0 saturated carbocycles. The molecule has 4 aromatic rings. The summed E-state index contributed by atoms with van der Waals surface area (Å²) in [5, 5.41) is 6.88. The van der Waals surface area contributed by atoms with E-state index in [9.17, 15) is 18.0 Å². The number of sulfonamides is 1. The summed E-state index contributed by atoms with van der Waals surface area (Å²) in [6, 6.07) is 27.1. The van der Waals surface area contributed by atoms with Crippen LogP contribution in [0.3, 0.4) is 0 Å². The van der Waals surface area contributed by atoms with E-state index in [0.717, 1.165) is 15.4 Å². The first-order valence-corrected chi connectivity index (χ1v) is 15.7. The van der Waals surface area contributed by atoms with Crippen molar-refractivity contribution >= 4 is 33.7 Å². The fraction of sp³-hybridized carbons (Fsp3) is 0.206. The summed E-state index contributed by atoms with van der Waals surface area (Å²) >= 11 is 0. The highest BCUT2D eigenvalue weighted by Gasteiger charge is 2.28. The van der Waals surface area contributed by atoms with Gasteiger partial charge in [0.15, 0.2) is 18.1 Å². The Hall–Kier alpha value is -5.36. The Labute approximate surface area is 268 Å². The first-order chi connectivity index (χ1) is 22.1. The fourth-order valence-corrected chi connectivity index (χ4v) is 5.80. The Morgan fingerprint density at radius 1 is 0.870 bits per heavy atom. The number of rotatable bonds is 14. The number of methoxy groups -OCH3 is 2. The van der Waals surface area contributed by atoms with Gasteiger partial charge in [0.25, 0.3) is 21.8 Å². The lowest BCUT2D eigenvalue weighted by Crippen LogP contribution is -2.39. The number of anilines is 1. The van der Waals surface area contributed by atoms with Crippen LogP contribution in [0.4, 0.5) is 5.69 Å². The summed E-state index contributed by atoms with van der Waals surface area (Å²) in [7, 11) is -1.24. The Morgan fingerprint density at radius 3 is 2.20 bits per heavy atom. The van der Waals surface area contributed by atoms with Crippen LogP contribution < -0.4 is 29.3 Å². The molecule has 0 saturated heterocycles. The van der Waals surface area contributed by atoms with E-state index >= 15 is 0 Å². The van der Waals surface area contributed by atoms with Crippen molar-refractivity contribution in [2.45, 2.75) is 24.8 Å². The van der Waals surface area contributed by atoms with Gasteiger partial charge in [-0.15, -0.1) is 0 Å². The molecule has 0 spiro atoms. The minimum absolute atomic E-state index is 0.0229. The number of nitrogens with one attached hydrogen (secondary N) is 2. The van der Waals surface area contributed by atoms with Gasteiger partial charge in [-0.05, 0) is 73.5 Å². The molecular formula is C34H36N4O7S. The molecule has 0 aromatic heterocycles. The molecule has 0 aliphatic rings. The zero-order valence-electron chi connectivity index (χ0n) is 26.0. The highest BCUT2D eigenvalue weighted by molar-refractivity contribution is 7.92. The summed E-state index contributed by atoms with van der Waals surface area (Å²) in [5.74, 6) is 0.270. The van der Waals surface area contributed by atoms with E-state index in [-0.39, 0.29) is 29.1 Å². The van der Waals surface area contributed by atoms with E-state index in [1.54, 1.807) is 42.5 Å². The first-order valence-electron chi connectivity index (χ1n) is 14.3. The molecule has 12 heteroatoms. The molecule has 11 nitrogen and oxygen atoms in total. The average molecular weight is 645 g/mol. The third-order valence-corrected chi connectivity index (χ3v) is 8.67. The number of hydrazone groups is 1. The molecule has 0 aliphatic heterocycles. The summed E-state index contributed by atoms with van der Waals surface area (Å²) in [6.07, 6.45) is 1.41. The van der Waals surface area contributed by atoms with E-state index < -0.39 is 22.5 Å². The number of carbonyl (C=O) groups is 2. The molecule has 1 atom stereocenters. The smallest absolute Gasteiger partial charge is 0.264 e. The van der Waals surface area contributed by atoms with Gasteiger partial charge in [0.1, 0.15) is 12.3 Å². The van der Waals surface area contributed by atoms with Crippen molar-refractivity contribution in [3.63, 3.8) is 0 Å². The topological polar surface area (TPSA) is 136 Å². The van der Waals surface area contributed by atoms with Crippen LogP contribution in [0, 0.1) is 6.92 Å². The van der Waals surface area contributed by atoms with Crippen molar-refractivity contribution in [2.75, 3.05) is 31.7 Å². The number of aryl methyl sites for hydroxylation is 1. The van der Waals surface area contributed by atoms with Gasteiger partial charge in [-0.1, -0.05) is 48.0 Å². The minimum atomic E-state index is -4.14. The van der Waals surface area contributed by atoms with Crippen LogP contribution in [-0.4, -0.2) is 53.8 Å². The van der Waals surface area contributed by atoms with Crippen LogP contribution in [0.2, 0.25) is 0 Å². The molecule has 0 bridgehead atoms. The molecule has 2 amide bonds. The standard InChI is InChI=1S/C34H36N4O7S/c1-24-10-17-30(18-11-24)46(41,42)38(28-14-19-31(43-3)32(20-28)44-4)22-33(39)37-35-21-26-12-15-29(16-13-26)45-23-34(40)36-25(2)27-8-6-5-7-9-27/h5-21,25H,22-23H2,1-4H3,(H,36,40)(H,37,39)/b35-21-/t25-/m0/s1. The van der Waals surface area contributed by atoms with Crippen molar-refractivity contribution in [3.8, 4) is 17.2 Å². The van der Waals surface area contributed by atoms with Gasteiger partial charge in [0, 0.05) is 6.07 Å². The predicted molar refractivity (Wildman–Crippen MR) is 176 cm³/mol. The quantitative estimate of drug-likeness (QED) is 0.151. The fourth-order valence-electron chi connectivity index (χ4n) is 4.38. The summed E-state index contributed by atoms with van der Waals surface area (Å²) in [5.41, 5.74) is 5.11. The predicted octanol–water partition coefficient (Wildman–Crippen LogP) is 4.61. The molecule has 4 aromatic carbocycles. The molecule has 0 heterocycles. The van der Waals surface area contributed by atoms with Crippen LogP contribution in [-0.2, 0) is 19.6 Å². The molecule has 0 unspecified atom stereocenters. The van der Waals surface area contributed by atoms with E-state index in [2.05, 4.69) is 15.8 Å². The number of hydrogen-bond donors (Lipinski definition) is 2. The van der Waals surface area contributed by atoms with Gasteiger partial charge in [0.2, 0.25) is 0 Å². The van der Waals surface area contributed by atoms with Crippen LogP contribution in [0.15, 0.2) is 107 Å². The molecule has 4 rings (SSSR count). The van der Waals surface area contributed by atoms with Crippen molar-refractivity contribution in [2.24, 2.45) is 5.10 Å². The summed E-state index contributed by atoms with van der Waals surface area (Å²) in [6.45, 7) is 3.04. The largest absolute Gasteiger partial charge is 0.493 e. The monoisotopic (exact) mass is 644 g/mol. The highest BCUT2D eigenvalue weighted by Crippen LogP contribution is 2.33. The van der Waals surface area contributed by atoms with Gasteiger partial charge in [-0.2, -0.15) is 5.10 Å². The lowest BCUT2D eigenvalue weighted by molar-refractivity contribution is -0.123. The van der Waals surface area contributed by atoms with Crippen molar-refractivity contribution in [1.82, 2.24) is 10.7 Å². The lowest BCUT2D eigenvalue weighted by Gasteiger charge is -2.24. The van der Waals surface area contributed by atoms with E-state index in [4.69, 9.17) is 14.2 Å². The van der Waals surface area contributed by atoms with Crippen molar-refractivity contribution in [1.29, 1.82) is 0 Å². The van der Waals surface area contributed by atoms with Gasteiger partial charge in [-0.3, -0.25) is 13.9 Å².